The number of alkyl halides is 3. The molecule has 0 bridgehead atoms. The van der Waals surface area contributed by atoms with Crippen LogP contribution in [0, 0.1) is 0 Å². The zero-order valence-electron chi connectivity index (χ0n) is 12.7. The van der Waals surface area contributed by atoms with E-state index in [0.717, 1.165) is 12.1 Å². The molecular formula is C15H15F3N2O4. The summed E-state index contributed by atoms with van der Waals surface area (Å²) in [7, 11) is 0. The third-order valence-electron chi connectivity index (χ3n) is 3.61. The van der Waals surface area contributed by atoms with Crippen LogP contribution < -0.4 is 10.2 Å². The van der Waals surface area contributed by atoms with Crippen LogP contribution in [-0.4, -0.2) is 35.5 Å². The summed E-state index contributed by atoms with van der Waals surface area (Å²) in [4.78, 5) is 35.7. The Kier molecular flexibility index (Phi) is 4.81. The van der Waals surface area contributed by atoms with Gasteiger partial charge in [0.25, 0.3) is 5.91 Å². The first-order valence-corrected chi connectivity index (χ1v) is 7.16. The Morgan fingerprint density at radius 1 is 1.29 bits per heavy atom. The zero-order chi connectivity index (χ0) is 18.1. The third-order valence-corrected chi connectivity index (χ3v) is 3.61. The number of hydrogen-bond donors (Lipinski definition) is 2. The van der Waals surface area contributed by atoms with Gasteiger partial charge in [-0.2, -0.15) is 13.2 Å². The van der Waals surface area contributed by atoms with Crippen molar-refractivity contribution in [3.05, 3.63) is 29.3 Å². The van der Waals surface area contributed by atoms with Crippen LogP contribution in [-0.2, 0) is 15.8 Å². The lowest BCUT2D eigenvalue weighted by atomic mass is 10.1. The second-order valence-corrected chi connectivity index (χ2v) is 5.45. The van der Waals surface area contributed by atoms with E-state index in [9.17, 15) is 27.6 Å². The molecule has 6 nitrogen and oxygen atoms in total. The van der Waals surface area contributed by atoms with E-state index in [-0.39, 0.29) is 30.1 Å². The molecule has 1 fully saturated rings. The van der Waals surface area contributed by atoms with Crippen molar-refractivity contribution in [2.45, 2.75) is 32.0 Å². The van der Waals surface area contributed by atoms with Gasteiger partial charge in [0.1, 0.15) is 6.04 Å². The number of amides is 2. The van der Waals surface area contributed by atoms with E-state index in [1.54, 1.807) is 0 Å². The Labute approximate surface area is 135 Å². The van der Waals surface area contributed by atoms with Gasteiger partial charge >= 0.3 is 12.1 Å². The monoisotopic (exact) mass is 344 g/mol. The minimum Gasteiger partial charge on any atom is -0.480 e. The van der Waals surface area contributed by atoms with Crippen molar-refractivity contribution in [3.63, 3.8) is 0 Å². The zero-order valence-corrected chi connectivity index (χ0v) is 12.7. The molecule has 0 saturated carbocycles. The summed E-state index contributed by atoms with van der Waals surface area (Å²) in [6, 6.07) is 1.33. The maximum Gasteiger partial charge on any atom is 0.416 e. The molecule has 1 aromatic carbocycles. The van der Waals surface area contributed by atoms with Crippen molar-refractivity contribution in [2.75, 3.05) is 11.4 Å². The van der Waals surface area contributed by atoms with E-state index in [0.29, 0.717) is 12.5 Å². The molecule has 2 N–H and O–H groups in total. The molecule has 2 amide bonds. The highest BCUT2D eigenvalue weighted by molar-refractivity contribution is 6.00. The highest BCUT2D eigenvalue weighted by Crippen LogP contribution is 2.34. The quantitative estimate of drug-likeness (QED) is 0.875. The normalized spacial score (nSPS) is 16.2. The SMILES string of the molecule is CC(NC(=O)c1cc(N2CCCC2=O)cc(C(F)(F)F)c1)C(=O)O. The molecule has 1 unspecified atom stereocenters. The predicted octanol–water partition coefficient (Wildman–Crippen LogP) is 2.04. The Balaban J connectivity index is 2.41. The first kappa shape index (κ1) is 17.8. The van der Waals surface area contributed by atoms with Gasteiger partial charge in [-0.3, -0.25) is 14.4 Å². The average Bonchev–Trinajstić information content (AvgIpc) is 2.91. The lowest BCUT2D eigenvalue weighted by Crippen LogP contribution is -2.38. The molecule has 1 atom stereocenters. The largest absolute Gasteiger partial charge is 0.480 e. The molecule has 1 aliphatic heterocycles. The number of carboxylic acids is 1. The minimum absolute atomic E-state index is 0.0274. The number of nitrogens with one attached hydrogen (secondary N) is 1. The summed E-state index contributed by atoms with van der Waals surface area (Å²) in [5.74, 6) is -2.59. The summed E-state index contributed by atoms with van der Waals surface area (Å²) in [6.45, 7) is 1.46. The molecule has 0 aromatic heterocycles. The van der Waals surface area contributed by atoms with E-state index >= 15 is 0 Å². The Hall–Kier alpha value is -2.58. The van der Waals surface area contributed by atoms with Gasteiger partial charge in [-0.1, -0.05) is 0 Å². The standard InChI is InChI=1S/C15H15F3N2O4/c1-8(14(23)24)19-13(22)9-5-10(15(16,17)18)7-11(6-9)20-4-2-3-12(20)21/h5-8H,2-4H2,1H3,(H,19,22)(H,23,24). The fraction of sp³-hybridized carbons (Fsp3) is 0.400. The number of carbonyl (C=O) groups is 3. The molecule has 0 spiro atoms. The number of nitrogens with zero attached hydrogens (tertiary/aromatic N) is 1. The maximum atomic E-state index is 13.1. The first-order valence-electron chi connectivity index (χ1n) is 7.16. The Bertz CT molecular complexity index is 688. The Morgan fingerprint density at radius 2 is 1.96 bits per heavy atom. The van der Waals surface area contributed by atoms with E-state index in [2.05, 4.69) is 5.32 Å². The summed E-state index contributed by atoms with van der Waals surface area (Å²) >= 11 is 0. The van der Waals surface area contributed by atoms with Crippen LogP contribution in [0.5, 0.6) is 0 Å². The molecule has 1 heterocycles. The van der Waals surface area contributed by atoms with Gasteiger partial charge in [-0.25, -0.2) is 0 Å². The number of halogens is 3. The topological polar surface area (TPSA) is 86.7 Å². The highest BCUT2D eigenvalue weighted by Gasteiger charge is 2.33. The van der Waals surface area contributed by atoms with Crippen LogP contribution in [0.25, 0.3) is 0 Å². The van der Waals surface area contributed by atoms with Crippen LogP contribution in [0.15, 0.2) is 18.2 Å². The van der Waals surface area contributed by atoms with Gasteiger partial charge in [0.15, 0.2) is 0 Å². The van der Waals surface area contributed by atoms with Crippen molar-refractivity contribution in [3.8, 4) is 0 Å². The minimum atomic E-state index is -4.70. The second kappa shape index (κ2) is 6.50. The van der Waals surface area contributed by atoms with Gasteiger partial charge in [-0.15, -0.1) is 0 Å². The highest BCUT2D eigenvalue weighted by atomic mass is 19.4. The smallest absolute Gasteiger partial charge is 0.416 e. The van der Waals surface area contributed by atoms with E-state index in [1.165, 1.54) is 11.8 Å². The molecule has 0 aliphatic carbocycles. The van der Waals surface area contributed by atoms with E-state index in [1.807, 2.05) is 0 Å². The average molecular weight is 344 g/mol. The lowest BCUT2D eigenvalue weighted by Gasteiger charge is -2.19. The number of benzene rings is 1. The molecule has 0 radical (unpaired) electrons. The molecular weight excluding hydrogens is 329 g/mol. The number of hydrogen-bond acceptors (Lipinski definition) is 3. The third kappa shape index (κ3) is 3.84. The van der Waals surface area contributed by atoms with Crippen LogP contribution in [0.1, 0.15) is 35.7 Å². The number of rotatable bonds is 4. The predicted molar refractivity (Wildman–Crippen MR) is 77.6 cm³/mol. The van der Waals surface area contributed by atoms with Gasteiger partial charge < -0.3 is 15.3 Å². The number of anilines is 1. The molecule has 9 heteroatoms. The van der Waals surface area contributed by atoms with Crippen LogP contribution in [0.4, 0.5) is 18.9 Å². The van der Waals surface area contributed by atoms with Crippen molar-refractivity contribution >= 4 is 23.5 Å². The second-order valence-electron chi connectivity index (χ2n) is 5.45. The van der Waals surface area contributed by atoms with Gasteiger partial charge in [0.05, 0.1) is 5.56 Å². The first-order chi connectivity index (χ1) is 11.1. The summed E-state index contributed by atoms with van der Waals surface area (Å²) in [5.41, 5.74) is -1.46. The van der Waals surface area contributed by atoms with Crippen molar-refractivity contribution < 1.29 is 32.7 Å². The van der Waals surface area contributed by atoms with Gasteiger partial charge in [0.2, 0.25) is 5.91 Å². The van der Waals surface area contributed by atoms with E-state index in [4.69, 9.17) is 5.11 Å². The van der Waals surface area contributed by atoms with Crippen molar-refractivity contribution in [2.24, 2.45) is 0 Å². The van der Waals surface area contributed by atoms with Crippen molar-refractivity contribution in [1.82, 2.24) is 5.32 Å². The van der Waals surface area contributed by atoms with Crippen LogP contribution in [0.2, 0.25) is 0 Å². The molecule has 130 valence electrons. The van der Waals surface area contributed by atoms with Crippen LogP contribution in [0.3, 0.4) is 0 Å². The van der Waals surface area contributed by atoms with Gasteiger partial charge in [-0.05, 0) is 31.5 Å². The molecule has 1 aromatic rings. The Morgan fingerprint density at radius 3 is 2.46 bits per heavy atom. The lowest BCUT2D eigenvalue weighted by molar-refractivity contribution is -0.139. The fourth-order valence-electron chi connectivity index (χ4n) is 2.32. The maximum absolute atomic E-state index is 13.1. The molecule has 24 heavy (non-hydrogen) atoms. The van der Waals surface area contributed by atoms with Crippen molar-refractivity contribution in [1.29, 1.82) is 0 Å². The van der Waals surface area contributed by atoms with Gasteiger partial charge in [0, 0.05) is 24.2 Å². The number of carboxylic acid groups (broad SMARTS) is 1. The van der Waals surface area contributed by atoms with E-state index < -0.39 is 29.7 Å². The summed E-state index contributed by atoms with van der Waals surface area (Å²) < 4.78 is 39.2. The number of aliphatic carboxylic acids is 1. The molecule has 1 aliphatic rings. The van der Waals surface area contributed by atoms with Crippen LogP contribution >= 0.6 is 0 Å². The molecule has 1 saturated heterocycles. The molecule has 2 rings (SSSR count). The summed E-state index contributed by atoms with van der Waals surface area (Å²) in [6.07, 6.45) is -3.95. The summed E-state index contributed by atoms with van der Waals surface area (Å²) in [5, 5.41) is 10.9. The number of carbonyl (C=O) groups excluding carboxylic acids is 2. The fourth-order valence-corrected chi connectivity index (χ4v) is 2.32.